The molecule has 0 aliphatic rings. The molecule has 0 saturated heterocycles. The van der Waals surface area contributed by atoms with Crippen LogP contribution in [0.1, 0.15) is 102 Å². The first-order valence-electron chi connectivity index (χ1n) is 13.0. The van der Waals surface area contributed by atoms with E-state index in [0.717, 1.165) is 25.7 Å². The molecule has 1 atom stereocenters. The van der Waals surface area contributed by atoms with Gasteiger partial charge in [-0.1, -0.05) is 34.6 Å². The minimum atomic E-state index is -1.98. The van der Waals surface area contributed by atoms with E-state index in [-0.39, 0.29) is 23.1 Å². The molecule has 0 heterocycles. The van der Waals surface area contributed by atoms with Crippen LogP contribution in [-0.2, 0) is 18.7 Å². The molecule has 0 unspecified atom stereocenters. The zero-order valence-corrected chi connectivity index (χ0v) is 25.6. The summed E-state index contributed by atoms with van der Waals surface area (Å²) in [5.74, 6) is 0.293. The molecule has 7 heteroatoms. The second kappa shape index (κ2) is 13.3. The van der Waals surface area contributed by atoms with Gasteiger partial charge in [-0.3, -0.25) is 4.79 Å². The Balaban J connectivity index is 5.47. The van der Waals surface area contributed by atoms with E-state index in [1.54, 1.807) is 0 Å². The zero-order chi connectivity index (χ0) is 27.0. The van der Waals surface area contributed by atoms with Crippen molar-refractivity contribution in [3.8, 4) is 0 Å². The van der Waals surface area contributed by atoms with E-state index in [4.69, 9.17) is 13.9 Å². The maximum atomic E-state index is 13.2. The summed E-state index contributed by atoms with van der Waals surface area (Å²) in [6.07, 6.45) is 2.99. The molecule has 0 rings (SSSR count). The van der Waals surface area contributed by atoms with Crippen molar-refractivity contribution in [3.05, 3.63) is 0 Å². The molecule has 0 radical (unpaired) electrons. The average Bonchev–Trinajstić information content (AvgIpc) is 2.61. The zero-order valence-electron chi connectivity index (χ0n) is 24.6. The monoisotopic (exact) mass is 501 g/mol. The fraction of sp³-hybridized carbons (Fsp3) is 0.926. The minimum Gasteiger partial charge on any atom is -0.465 e. The van der Waals surface area contributed by atoms with Crippen LogP contribution in [0, 0.1) is 11.3 Å². The Kier molecular flexibility index (Phi) is 12.9. The third kappa shape index (κ3) is 13.1. The molecule has 34 heavy (non-hydrogen) atoms. The van der Waals surface area contributed by atoms with Crippen molar-refractivity contribution in [2.75, 3.05) is 19.8 Å². The summed E-state index contributed by atoms with van der Waals surface area (Å²) in [6.45, 7) is 28.3. The Morgan fingerprint density at radius 3 is 1.88 bits per heavy atom. The fourth-order valence-electron chi connectivity index (χ4n) is 2.85. The standard InChI is InChI=1S/C27H55NO5Si/c1-21(2)17-18-28(24(30)33-26(6,7)8)22(20-32-34(12,13)27(9,10)11)16-14-15-19-31-23(29)25(3,4)5/h21-22H,14-20H2,1-13H3/t22-/m0/s1. The minimum absolute atomic E-state index is 0.0824. The normalized spacial score (nSPS) is 14.2. The summed E-state index contributed by atoms with van der Waals surface area (Å²) < 4.78 is 17.8. The summed E-state index contributed by atoms with van der Waals surface area (Å²) in [5.41, 5.74) is -1.05. The maximum absolute atomic E-state index is 13.2. The Bertz CT molecular complexity index is 626. The number of rotatable bonds is 12. The fourth-order valence-corrected chi connectivity index (χ4v) is 3.90. The number of carbonyl (C=O) groups excluding carboxylic acids is 2. The van der Waals surface area contributed by atoms with Crippen molar-refractivity contribution < 1.29 is 23.5 Å². The van der Waals surface area contributed by atoms with Crippen LogP contribution in [-0.4, -0.2) is 56.7 Å². The second-order valence-corrected chi connectivity index (χ2v) is 18.3. The van der Waals surface area contributed by atoms with Crippen LogP contribution < -0.4 is 0 Å². The molecule has 0 spiro atoms. The summed E-state index contributed by atoms with van der Waals surface area (Å²) in [4.78, 5) is 27.1. The molecular formula is C27H55NO5Si. The first kappa shape index (κ1) is 32.9. The SMILES string of the molecule is CC(C)CCN(C(=O)OC(C)(C)C)[C@@H](CCCCOC(=O)C(C)(C)C)CO[Si](C)(C)C(C)(C)C. The first-order chi connectivity index (χ1) is 15.2. The van der Waals surface area contributed by atoms with E-state index in [9.17, 15) is 9.59 Å². The molecule has 0 aromatic heterocycles. The number of ether oxygens (including phenoxy) is 2. The maximum Gasteiger partial charge on any atom is 0.410 e. The molecule has 0 aromatic carbocycles. The lowest BCUT2D eigenvalue weighted by atomic mass is 9.97. The van der Waals surface area contributed by atoms with Gasteiger partial charge in [-0.15, -0.1) is 0 Å². The number of esters is 1. The van der Waals surface area contributed by atoms with E-state index in [1.165, 1.54) is 0 Å². The highest BCUT2D eigenvalue weighted by Crippen LogP contribution is 2.37. The lowest BCUT2D eigenvalue weighted by Gasteiger charge is -2.40. The van der Waals surface area contributed by atoms with Gasteiger partial charge in [-0.2, -0.15) is 0 Å². The number of amides is 1. The van der Waals surface area contributed by atoms with Gasteiger partial charge < -0.3 is 18.8 Å². The van der Waals surface area contributed by atoms with Gasteiger partial charge in [0.15, 0.2) is 8.32 Å². The Labute approximate surface area is 211 Å². The Hall–Kier alpha value is -1.08. The lowest BCUT2D eigenvalue weighted by molar-refractivity contribution is -0.153. The van der Waals surface area contributed by atoms with Gasteiger partial charge in [0, 0.05) is 6.54 Å². The van der Waals surface area contributed by atoms with E-state index in [2.05, 4.69) is 47.7 Å². The lowest BCUT2D eigenvalue weighted by Crippen LogP contribution is -2.49. The molecular weight excluding hydrogens is 446 g/mol. The molecule has 202 valence electrons. The van der Waals surface area contributed by atoms with Gasteiger partial charge >= 0.3 is 12.1 Å². The molecule has 0 aliphatic heterocycles. The highest BCUT2D eigenvalue weighted by molar-refractivity contribution is 6.74. The number of nitrogens with zero attached hydrogens (tertiary/aromatic N) is 1. The molecule has 6 nitrogen and oxygen atoms in total. The van der Waals surface area contributed by atoms with Crippen LogP contribution in [0.25, 0.3) is 0 Å². The summed E-state index contributed by atoms with van der Waals surface area (Å²) in [6, 6.07) is -0.0824. The summed E-state index contributed by atoms with van der Waals surface area (Å²) in [5, 5.41) is 0.0907. The summed E-state index contributed by atoms with van der Waals surface area (Å²) in [7, 11) is -1.98. The Morgan fingerprint density at radius 2 is 1.44 bits per heavy atom. The average molecular weight is 502 g/mol. The molecule has 0 fully saturated rings. The highest BCUT2D eigenvalue weighted by Gasteiger charge is 2.39. The third-order valence-electron chi connectivity index (χ3n) is 6.24. The van der Waals surface area contributed by atoms with Gasteiger partial charge in [0.2, 0.25) is 0 Å². The van der Waals surface area contributed by atoms with E-state index in [0.29, 0.717) is 25.7 Å². The topological polar surface area (TPSA) is 65.1 Å². The van der Waals surface area contributed by atoms with Crippen molar-refractivity contribution in [1.29, 1.82) is 0 Å². The smallest absolute Gasteiger partial charge is 0.410 e. The van der Waals surface area contributed by atoms with E-state index >= 15 is 0 Å². The van der Waals surface area contributed by atoms with Gasteiger partial charge in [0.25, 0.3) is 0 Å². The number of hydrogen-bond donors (Lipinski definition) is 0. The number of unbranched alkanes of at least 4 members (excludes halogenated alkanes) is 1. The predicted molar refractivity (Wildman–Crippen MR) is 144 cm³/mol. The van der Waals surface area contributed by atoms with Crippen molar-refractivity contribution in [3.63, 3.8) is 0 Å². The van der Waals surface area contributed by atoms with Crippen molar-refractivity contribution in [1.82, 2.24) is 4.90 Å². The van der Waals surface area contributed by atoms with Crippen LogP contribution >= 0.6 is 0 Å². The van der Waals surface area contributed by atoms with Gasteiger partial charge in [0.1, 0.15) is 5.60 Å². The van der Waals surface area contributed by atoms with Crippen LogP contribution in [0.2, 0.25) is 18.1 Å². The molecule has 0 bridgehead atoms. The summed E-state index contributed by atoms with van der Waals surface area (Å²) >= 11 is 0. The van der Waals surface area contributed by atoms with Crippen molar-refractivity contribution in [2.45, 2.75) is 132 Å². The van der Waals surface area contributed by atoms with Crippen LogP contribution in [0.4, 0.5) is 4.79 Å². The molecule has 0 aromatic rings. The molecule has 0 saturated carbocycles. The van der Waals surface area contributed by atoms with Crippen LogP contribution in [0.15, 0.2) is 0 Å². The highest BCUT2D eigenvalue weighted by atomic mass is 28.4. The quantitative estimate of drug-likeness (QED) is 0.158. The molecule has 1 amide bonds. The Morgan fingerprint density at radius 1 is 0.882 bits per heavy atom. The van der Waals surface area contributed by atoms with Gasteiger partial charge in [-0.05, 0) is 91.3 Å². The third-order valence-corrected chi connectivity index (χ3v) is 10.7. The number of carbonyl (C=O) groups is 2. The first-order valence-corrected chi connectivity index (χ1v) is 15.9. The van der Waals surface area contributed by atoms with E-state index < -0.39 is 19.3 Å². The van der Waals surface area contributed by atoms with Crippen molar-refractivity contribution in [2.24, 2.45) is 11.3 Å². The van der Waals surface area contributed by atoms with Gasteiger partial charge in [-0.25, -0.2) is 4.79 Å². The van der Waals surface area contributed by atoms with E-state index in [1.807, 2.05) is 46.4 Å². The largest absolute Gasteiger partial charge is 0.465 e. The van der Waals surface area contributed by atoms with Gasteiger partial charge in [0.05, 0.1) is 24.7 Å². The van der Waals surface area contributed by atoms with Crippen LogP contribution in [0.3, 0.4) is 0 Å². The predicted octanol–water partition coefficient (Wildman–Crippen LogP) is 7.42. The molecule has 0 N–H and O–H groups in total. The second-order valence-electron chi connectivity index (χ2n) is 13.5. The number of hydrogen-bond acceptors (Lipinski definition) is 5. The van der Waals surface area contributed by atoms with Crippen LogP contribution in [0.5, 0.6) is 0 Å². The molecule has 0 aliphatic carbocycles. The van der Waals surface area contributed by atoms with Crippen molar-refractivity contribution >= 4 is 20.4 Å².